The number of pyridine rings is 1. The van der Waals surface area contributed by atoms with Crippen LogP contribution in [0.4, 0.5) is 5.69 Å². The predicted octanol–water partition coefficient (Wildman–Crippen LogP) is 2.82. The zero-order valence-corrected chi connectivity index (χ0v) is 11.9. The van der Waals surface area contributed by atoms with E-state index in [1.807, 2.05) is 0 Å². The van der Waals surface area contributed by atoms with E-state index in [1.165, 1.54) is 0 Å². The third-order valence-electron chi connectivity index (χ3n) is 3.55. The number of hydrogen-bond acceptors (Lipinski definition) is 3. The van der Waals surface area contributed by atoms with Crippen molar-refractivity contribution in [3.63, 3.8) is 0 Å². The molecule has 0 aromatic carbocycles. The molecule has 1 aliphatic rings. The molecule has 1 heterocycles. The van der Waals surface area contributed by atoms with Gasteiger partial charge in [0.1, 0.15) is 4.60 Å². The van der Waals surface area contributed by atoms with Crippen molar-refractivity contribution in [3.05, 3.63) is 22.9 Å². The fourth-order valence-corrected chi connectivity index (χ4v) is 2.85. The van der Waals surface area contributed by atoms with Gasteiger partial charge in [-0.1, -0.05) is 12.8 Å². The number of rotatable bonds is 4. The van der Waals surface area contributed by atoms with Crippen LogP contribution in [0.25, 0.3) is 0 Å². The molecule has 1 fully saturated rings. The Hall–Kier alpha value is -1.43. The monoisotopic (exact) mass is 326 g/mol. The number of carbonyl (C=O) groups is 2. The molecule has 0 aliphatic heterocycles. The second-order valence-corrected chi connectivity index (χ2v) is 5.61. The summed E-state index contributed by atoms with van der Waals surface area (Å²) in [6, 6.07) is 3.43. The van der Waals surface area contributed by atoms with Crippen LogP contribution in [0, 0.1) is 5.41 Å². The standard InChI is InChI=1S/C13H15BrN2O3/c14-11-9(4-3-7-15-11)16-10(17)8-13(12(18)19)5-1-2-6-13/h3-4,7H,1-2,5-6,8H2,(H,16,17)(H,18,19). The third kappa shape index (κ3) is 3.12. The Morgan fingerprint density at radius 3 is 2.68 bits per heavy atom. The van der Waals surface area contributed by atoms with Crippen LogP contribution in [0.2, 0.25) is 0 Å². The summed E-state index contributed by atoms with van der Waals surface area (Å²) in [6.07, 6.45) is 4.51. The Labute approximate surface area is 119 Å². The number of carboxylic acids is 1. The summed E-state index contributed by atoms with van der Waals surface area (Å²) >= 11 is 3.24. The van der Waals surface area contributed by atoms with Gasteiger partial charge in [0.25, 0.3) is 0 Å². The first kappa shape index (κ1) is 14.0. The highest BCUT2D eigenvalue weighted by Gasteiger charge is 2.42. The van der Waals surface area contributed by atoms with E-state index >= 15 is 0 Å². The van der Waals surface area contributed by atoms with E-state index in [1.54, 1.807) is 18.3 Å². The van der Waals surface area contributed by atoms with E-state index in [-0.39, 0.29) is 12.3 Å². The minimum Gasteiger partial charge on any atom is -0.481 e. The lowest BCUT2D eigenvalue weighted by atomic mass is 9.82. The van der Waals surface area contributed by atoms with E-state index in [0.717, 1.165) is 12.8 Å². The van der Waals surface area contributed by atoms with Crippen LogP contribution < -0.4 is 5.32 Å². The van der Waals surface area contributed by atoms with E-state index in [4.69, 9.17) is 0 Å². The molecule has 6 heteroatoms. The molecule has 0 radical (unpaired) electrons. The Balaban J connectivity index is 2.05. The number of nitrogens with zero attached hydrogens (tertiary/aromatic N) is 1. The lowest BCUT2D eigenvalue weighted by Gasteiger charge is -2.22. The zero-order valence-electron chi connectivity index (χ0n) is 10.4. The molecule has 1 aromatic rings. The first-order valence-electron chi connectivity index (χ1n) is 6.17. The van der Waals surface area contributed by atoms with Gasteiger partial charge < -0.3 is 10.4 Å². The van der Waals surface area contributed by atoms with Crippen molar-refractivity contribution >= 4 is 33.5 Å². The van der Waals surface area contributed by atoms with Crippen LogP contribution in [-0.2, 0) is 9.59 Å². The molecule has 0 spiro atoms. The summed E-state index contributed by atoms with van der Waals surface area (Å²) in [5, 5.41) is 12.0. The second kappa shape index (κ2) is 5.69. The fraction of sp³-hybridized carbons (Fsp3) is 0.462. The number of nitrogens with one attached hydrogen (secondary N) is 1. The largest absolute Gasteiger partial charge is 0.481 e. The number of aromatic nitrogens is 1. The molecule has 1 saturated carbocycles. The number of anilines is 1. The molecule has 0 bridgehead atoms. The van der Waals surface area contributed by atoms with Crippen LogP contribution >= 0.6 is 15.9 Å². The van der Waals surface area contributed by atoms with E-state index in [9.17, 15) is 14.7 Å². The van der Waals surface area contributed by atoms with Gasteiger partial charge in [-0.05, 0) is 40.9 Å². The molecule has 1 aliphatic carbocycles. The SMILES string of the molecule is O=C(CC1(C(=O)O)CCCC1)Nc1cccnc1Br. The van der Waals surface area contributed by atoms with Gasteiger partial charge in [0, 0.05) is 12.6 Å². The van der Waals surface area contributed by atoms with Crippen LogP contribution in [0.1, 0.15) is 32.1 Å². The number of amides is 1. The highest BCUT2D eigenvalue weighted by molar-refractivity contribution is 9.10. The molecule has 102 valence electrons. The van der Waals surface area contributed by atoms with Gasteiger partial charge in [0.2, 0.25) is 5.91 Å². The number of carboxylic acid groups (broad SMARTS) is 1. The first-order chi connectivity index (χ1) is 9.03. The number of aliphatic carboxylic acids is 1. The number of hydrogen-bond donors (Lipinski definition) is 2. The summed E-state index contributed by atoms with van der Waals surface area (Å²) in [5.41, 5.74) is -0.329. The lowest BCUT2D eigenvalue weighted by Crippen LogP contribution is -2.32. The van der Waals surface area contributed by atoms with Crippen molar-refractivity contribution in [2.24, 2.45) is 5.41 Å². The highest BCUT2D eigenvalue weighted by atomic mass is 79.9. The van der Waals surface area contributed by atoms with E-state index < -0.39 is 11.4 Å². The molecule has 1 amide bonds. The number of halogens is 1. The Morgan fingerprint density at radius 2 is 2.11 bits per heavy atom. The molecule has 1 aromatic heterocycles. The lowest BCUT2D eigenvalue weighted by molar-refractivity contribution is -0.150. The van der Waals surface area contributed by atoms with Gasteiger partial charge >= 0.3 is 5.97 Å². The van der Waals surface area contributed by atoms with Crippen molar-refractivity contribution in [2.75, 3.05) is 5.32 Å². The Kier molecular flexibility index (Phi) is 4.19. The maximum absolute atomic E-state index is 12.0. The van der Waals surface area contributed by atoms with Crippen molar-refractivity contribution in [1.29, 1.82) is 0 Å². The minimum absolute atomic E-state index is 0.0175. The van der Waals surface area contributed by atoms with E-state index in [0.29, 0.717) is 23.1 Å². The Bertz CT molecular complexity index is 498. The molecular weight excluding hydrogens is 312 g/mol. The molecule has 0 saturated heterocycles. The van der Waals surface area contributed by atoms with Crippen molar-refractivity contribution in [3.8, 4) is 0 Å². The molecule has 5 nitrogen and oxygen atoms in total. The van der Waals surface area contributed by atoms with Gasteiger partial charge in [-0.25, -0.2) is 4.98 Å². The average molecular weight is 327 g/mol. The normalized spacial score (nSPS) is 17.1. The van der Waals surface area contributed by atoms with Gasteiger partial charge in [0.05, 0.1) is 11.1 Å². The summed E-state index contributed by atoms with van der Waals surface area (Å²) in [4.78, 5) is 27.4. The maximum atomic E-state index is 12.0. The number of carbonyl (C=O) groups excluding carboxylic acids is 1. The van der Waals surface area contributed by atoms with Crippen molar-refractivity contribution in [2.45, 2.75) is 32.1 Å². The zero-order chi connectivity index (χ0) is 13.9. The molecule has 0 atom stereocenters. The van der Waals surface area contributed by atoms with Gasteiger partial charge in [-0.2, -0.15) is 0 Å². The van der Waals surface area contributed by atoms with Gasteiger partial charge in [0.15, 0.2) is 0 Å². The van der Waals surface area contributed by atoms with Crippen LogP contribution in [-0.4, -0.2) is 22.0 Å². The predicted molar refractivity (Wildman–Crippen MR) is 73.7 cm³/mol. The summed E-state index contributed by atoms with van der Waals surface area (Å²) < 4.78 is 0.541. The quantitative estimate of drug-likeness (QED) is 0.834. The molecule has 2 rings (SSSR count). The average Bonchev–Trinajstić information content (AvgIpc) is 2.82. The first-order valence-corrected chi connectivity index (χ1v) is 6.97. The minimum atomic E-state index is -0.890. The topological polar surface area (TPSA) is 79.3 Å². The second-order valence-electron chi connectivity index (χ2n) is 4.86. The van der Waals surface area contributed by atoms with Crippen LogP contribution in [0.15, 0.2) is 22.9 Å². The summed E-state index contributed by atoms with van der Waals surface area (Å²) in [5.74, 6) is -1.15. The van der Waals surface area contributed by atoms with Crippen LogP contribution in [0.3, 0.4) is 0 Å². The van der Waals surface area contributed by atoms with Gasteiger partial charge in [-0.15, -0.1) is 0 Å². The molecule has 19 heavy (non-hydrogen) atoms. The Morgan fingerprint density at radius 1 is 1.42 bits per heavy atom. The van der Waals surface area contributed by atoms with Crippen LogP contribution in [0.5, 0.6) is 0 Å². The highest BCUT2D eigenvalue weighted by Crippen LogP contribution is 2.41. The molecular formula is C13H15BrN2O3. The third-order valence-corrected chi connectivity index (χ3v) is 4.18. The molecule has 2 N–H and O–H groups in total. The summed E-state index contributed by atoms with van der Waals surface area (Å²) in [6.45, 7) is 0. The van der Waals surface area contributed by atoms with Crippen molar-refractivity contribution < 1.29 is 14.7 Å². The molecule has 0 unspecified atom stereocenters. The maximum Gasteiger partial charge on any atom is 0.310 e. The van der Waals surface area contributed by atoms with Gasteiger partial charge in [-0.3, -0.25) is 9.59 Å². The van der Waals surface area contributed by atoms with E-state index in [2.05, 4.69) is 26.2 Å². The fourth-order valence-electron chi connectivity index (χ4n) is 2.50. The smallest absolute Gasteiger partial charge is 0.310 e. The summed E-state index contributed by atoms with van der Waals surface area (Å²) in [7, 11) is 0. The van der Waals surface area contributed by atoms with Crippen molar-refractivity contribution in [1.82, 2.24) is 4.98 Å².